The van der Waals surface area contributed by atoms with E-state index in [1.165, 1.54) is 18.5 Å². The molecule has 1 fully saturated rings. The SMILES string of the molecule is COc1cc(F)c(S(=O)(=O)N2CCCN(C(=O)c3cccc(C)c3)CC2)cc1OC. The standard InChI is InChI=1S/C21H25FN2O5S/c1-15-6-4-7-16(12-15)21(25)23-8-5-9-24(11-10-23)30(26,27)20-14-19(29-3)18(28-2)13-17(20)22/h4,6-7,12-14H,5,8-11H2,1-3H3. The molecule has 1 aliphatic heterocycles. The summed E-state index contributed by atoms with van der Waals surface area (Å²) in [5.74, 6) is -0.817. The van der Waals surface area contributed by atoms with Crippen molar-refractivity contribution in [2.24, 2.45) is 0 Å². The summed E-state index contributed by atoms with van der Waals surface area (Å²) in [6, 6.07) is 9.40. The van der Waals surface area contributed by atoms with Gasteiger partial charge in [0.15, 0.2) is 11.5 Å². The number of hydrogen-bond acceptors (Lipinski definition) is 5. The minimum absolute atomic E-state index is 0.0771. The van der Waals surface area contributed by atoms with Crippen LogP contribution in [0.25, 0.3) is 0 Å². The Morgan fingerprint density at radius 2 is 1.70 bits per heavy atom. The average molecular weight is 437 g/mol. The van der Waals surface area contributed by atoms with Gasteiger partial charge in [-0.25, -0.2) is 12.8 Å². The van der Waals surface area contributed by atoms with Gasteiger partial charge in [0.1, 0.15) is 10.7 Å². The molecule has 1 heterocycles. The molecular weight excluding hydrogens is 411 g/mol. The van der Waals surface area contributed by atoms with Crippen LogP contribution in [0.15, 0.2) is 41.3 Å². The largest absolute Gasteiger partial charge is 0.493 e. The minimum atomic E-state index is -4.11. The molecule has 1 amide bonds. The number of amides is 1. The quantitative estimate of drug-likeness (QED) is 0.720. The Balaban J connectivity index is 1.81. The zero-order chi connectivity index (χ0) is 21.9. The predicted octanol–water partition coefficient (Wildman–Crippen LogP) is 2.69. The van der Waals surface area contributed by atoms with Crippen molar-refractivity contribution in [3.05, 3.63) is 53.3 Å². The molecule has 30 heavy (non-hydrogen) atoms. The van der Waals surface area contributed by atoms with Gasteiger partial charge in [0.25, 0.3) is 5.91 Å². The van der Waals surface area contributed by atoms with E-state index in [4.69, 9.17) is 9.47 Å². The molecule has 9 heteroatoms. The lowest BCUT2D eigenvalue weighted by molar-refractivity contribution is 0.0764. The molecule has 0 N–H and O–H groups in total. The van der Waals surface area contributed by atoms with Crippen LogP contribution in [-0.4, -0.2) is 63.9 Å². The number of benzene rings is 2. The Labute approximate surface area is 176 Å². The van der Waals surface area contributed by atoms with E-state index in [0.717, 1.165) is 17.7 Å². The number of carbonyl (C=O) groups excluding carboxylic acids is 1. The molecule has 0 radical (unpaired) electrons. The molecule has 0 spiro atoms. The lowest BCUT2D eigenvalue weighted by atomic mass is 10.1. The van der Waals surface area contributed by atoms with E-state index in [0.29, 0.717) is 18.5 Å². The second-order valence-electron chi connectivity index (χ2n) is 7.06. The Kier molecular flexibility index (Phi) is 6.62. The van der Waals surface area contributed by atoms with Crippen LogP contribution in [0.5, 0.6) is 11.5 Å². The predicted molar refractivity (Wildman–Crippen MR) is 110 cm³/mol. The molecule has 3 rings (SSSR count). The smallest absolute Gasteiger partial charge is 0.253 e. The maximum absolute atomic E-state index is 14.6. The zero-order valence-electron chi connectivity index (χ0n) is 17.2. The lowest BCUT2D eigenvalue weighted by Gasteiger charge is -2.22. The highest BCUT2D eigenvalue weighted by Gasteiger charge is 2.31. The molecule has 1 aliphatic rings. The molecular formula is C21H25FN2O5S. The second-order valence-corrected chi connectivity index (χ2v) is 8.96. The first-order chi connectivity index (χ1) is 14.3. The molecule has 1 saturated heterocycles. The summed E-state index contributed by atoms with van der Waals surface area (Å²) < 4.78 is 52.1. The summed E-state index contributed by atoms with van der Waals surface area (Å²) in [5.41, 5.74) is 1.54. The van der Waals surface area contributed by atoms with Gasteiger partial charge in [-0.05, 0) is 25.5 Å². The van der Waals surface area contributed by atoms with Crippen molar-refractivity contribution in [2.75, 3.05) is 40.4 Å². The first kappa shape index (κ1) is 22.0. The first-order valence-corrected chi connectivity index (χ1v) is 11.0. The molecule has 0 atom stereocenters. The third-order valence-corrected chi connectivity index (χ3v) is 6.98. The molecule has 0 saturated carbocycles. The van der Waals surface area contributed by atoms with Crippen molar-refractivity contribution in [2.45, 2.75) is 18.2 Å². The summed E-state index contributed by atoms with van der Waals surface area (Å²) in [7, 11) is -1.41. The number of rotatable bonds is 5. The maximum Gasteiger partial charge on any atom is 0.253 e. The number of carbonyl (C=O) groups is 1. The van der Waals surface area contributed by atoms with E-state index in [1.807, 2.05) is 19.1 Å². The number of sulfonamides is 1. The van der Waals surface area contributed by atoms with Crippen molar-refractivity contribution in [1.29, 1.82) is 0 Å². The Morgan fingerprint density at radius 1 is 1.00 bits per heavy atom. The van der Waals surface area contributed by atoms with E-state index in [1.54, 1.807) is 17.0 Å². The van der Waals surface area contributed by atoms with Gasteiger partial charge in [-0.3, -0.25) is 4.79 Å². The fourth-order valence-corrected chi connectivity index (χ4v) is 5.00. The van der Waals surface area contributed by atoms with Crippen LogP contribution in [0.1, 0.15) is 22.3 Å². The monoisotopic (exact) mass is 436 g/mol. The van der Waals surface area contributed by atoms with Gasteiger partial charge in [-0.1, -0.05) is 17.7 Å². The van der Waals surface area contributed by atoms with Crippen LogP contribution in [0.2, 0.25) is 0 Å². The van der Waals surface area contributed by atoms with E-state index in [9.17, 15) is 17.6 Å². The third kappa shape index (κ3) is 4.41. The van der Waals surface area contributed by atoms with Gasteiger partial charge in [-0.2, -0.15) is 4.31 Å². The zero-order valence-corrected chi connectivity index (χ0v) is 18.0. The normalized spacial score (nSPS) is 15.5. The molecule has 7 nitrogen and oxygen atoms in total. The van der Waals surface area contributed by atoms with Crippen molar-refractivity contribution in [3.8, 4) is 11.5 Å². The molecule has 0 bridgehead atoms. The summed E-state index contributed by atoms with van der Waals surface area (Å²) in [4.78, 5) is 14.0. The van der Waals surface area contributed by atoms with Gasteiger partial charge >= 0.3 is 0 Å². The Morgan fingerprint density at radius 3 is 2.37 bits per heavy atom. The van der Waals surface area contributed by atoms with E-state index < -0.39 is 20.7 Å². The van der Waals surface area contributed by atoms with E-state index in [-0.39, 0.29) is 37.0 Å². The highest BCUT2D eigenvalue weighted by Crippen LogP contribution is 2.33. The van der Waals surface area contributed by atoms with Crippen LogP contribution in [0.3, 0.4) is 0 Å². The maximum atomic E-state index is 14.6. The number of ether oxygens (including phenoxy) is 2. The van der Waals surface area contributed by atoms with Gasteiger partial charge in [0.05, 0.1) is 14.2 Å². The van der Waals surface area contributed by atoms with Gasteiger partial charge in [-0.15, -0.1) is 0 Å². The number of hydrogen-bond donors (Lipinski definition) is 0. The highest BCUT2D eigenvalue weighted by atomic mass is 32.2. The molecule has 2 aromatic rings. The number of aryl methyl sites for hydroxylation is 1. The minimum Gasteiger partial charge on any atom is -0.493 e. The topological polar surface area (TPSA) is 76.2 Å². The molecule has 0 aliphatic carbocycles. The van der Waals surface area contributed by atoms with Gasteiger partial charge in [0, 0.05) is 43.9 Å². The van der Waals surface area contributed by atoms with Crippen LogP contribution >= 0.6 is 0 Å². The van der Waals surface area contributed by atoms with Crippen molar-refractivity contribution >= 4 is 15.9 Å². The van der Waals surface area contributed by atoms with Crippen molar-refractivity contribution in [3.63, 3.8) is 0 Å². The number of methoxy groups -OCH3 is 2. The van der Waals surface area contributed by atoms with Gasteiger partial charge in [0.2, 0.25) is 10.0 Å². The molecule has 162 valence electrons. The van der Waals surface area contributed by atoms with Crippen LogP contribution in [0.4, 0.5) is 4.39 Å². The number of nitrogens with zero attached hydrogens (tertiary/aromatic N) is 2. The van der Waals surface area contributed by atoms with Crippen molar-refractivity contribution in [1.82, 2.24) is 9.21 Å². The third-order valence-electron chi connectivity index (χ3n) is 5.06. The Hall–Kier alpha value is -2.65. The summed E-state index contributed by atoms with van der Waals surface area (Å²) in [6.45, 7) is 2.82. The first-order valence-electron chi connectivity index (χ1n) is 9.55. The molecule has 2 aromatic carbocycles. The summed E-state index contributed by atoms with van der Waals surface area (Å²) in [5, 5.41) is 0. The van der Waals surface area contributed by atoms with Crippen LogP contribution in [0, 0.1) is 12.7 Å². The fraction of sp³-hybridized carbons (Fsp3) is 0.381. The van der Waals surface area contributed by atoms with Crippen molar-refractivity contribution < 1.29 is 27.1 Å². The fourth-order valence-electron chi connectivity index (χ4n) is 3.47. The molecule has 0 aromatic heterocycles. The van der Waals surface area contributed by atoms with E-state index in [2.05, 4.69) is 0 Å². The van der Waals surface area contributed by atoms with Gasteiger partial charge < -0.3 is 14.4 Å². The van der Waals surface area contributed by atoms with Crippen LogP contribution in [-0.2, 0) is 10.0 Å². The Bertz CT molecular complexity index is 1040. The van der Waals surface area contributed by atoms with Crippen LogP contribution < -0.4 is 9.47 Å². The molecule has 0 unspecified atom stereocenters. The summed E-state index contributed by atoms with van der Waals surface area (Å²) in [6.07, 6.45) is 0.450. The van der Waals surface area contributed by atoms with E-state index >= 15 is 0 Å². The summed E-state index contributed by atoms with van der Waals surface area (Å²) >= 11 is 0. The lowest BCUT2D eigenvalue weighted by Crippen LogP contribution is -2.37. The average Bonchev–Trinajstić information content (AvgIpc) is 2.99. The highest BCUT2D eigenvalue weighted by molar-refractivity contribution is 7.89. The second kappa shape index (κ2) is 9.01. The number of halogens is 1.